The second-order valence-corrected chi connectivity index (χ2v) is 5.62. The molecule has 0 spiro atoms. The molecule has 7 heteroatoms. The number of nitrogens with zero attached hydrogens (tertiary/aromatic N) is 3. The predicted octanol–water partition coefficient (Wildman–Crippen LogP) is 2.64. The summed E-state index contributed by atoms with van der Waals surface area (Å²) in [4.78, 5) is 18.4. The molecule has 1 saturated heterocycles. The van der Waals surface area contributed by atoms with Gasteiger partial charge in [0.15, 0.2) is 5.82 Å². The molecule has 0 bridgehead atoms. The molecule has 0 aliphatic carbocycles. The molecule has 120 valence electrons. The second-order valence-electron chi connectivity index (χ2n) is 5.18. The number of hydrogen-bond donors (Lipinski definition) is 0. The number of halogens is 1. The van der Waals surface area contributed by atoms with Gasteiger partial charge in [-0.25, -0.2) is 0 Å². The fourth-order valence-corrected chi connectivity index (χ4v) is 2.60. The second kappa shape index (κ2) is 6.93. The number of rotatable bonds is 3. The molecule has 0 saturated carbocycles. The van der Waals surface area contributed by atoms with Crippen molar-refractivity contribution in [2.75, 3.05) is 19.8 Å². The van der Waals surface area contributed by atoms with Crippen molar-refractivity contribution in [3.63, 3.8) is 0 Å². The molecule has 2 heterocycles. The van der Waals surface area contributed by atoms with Crippen LogP contribution in [0, 0.1) is 6.92 Å². The van der Waals surface area contributed by atoms with Gasteiger partial charge in [-0.3, -0.25) is 4.79 Å². The maximum absolute atomic E-state index is 12.5. The van der Waals surface area contributed by atoms with Gasteiger partial charge < -0.3 is 14.2 Å². The van der Waals surface area contributed by atoms with E-state index in [2.05, 4.69) is 10.1 Å². The molecular formula is C16H16ClN3O3. The average molecular weight is 334 g/mol. The van der Waals surface area contributed by atoms with E-state index in [-0.39, 0.29) is 11.9 Å². The lowest BCUT2D eigenvalue weighted by atomic mass is 10.2. The molecular weight excluding hydrogens is 318 g/mol. The third kappa shape index (κ3) is 3.78. The van der Waals surface area contributed by atoms with Gasteiger partial charge in [-0.15, -0.1) is 0 Å². The van der Waals surface area contributed by atoms with E-state index in [9.17, 15) is 4.79 Å². The van der Waals surface area contributed by atoms with Gasteiger partial charge >= 0.3 is 0 Å². The summed E-state index contributed by atoms with van der Waals surface area (Å²) < 4.78 is 10.4. The zero-order valence-corrected chi connectivity index (χ0v) is 13.4. The molecule has 1 unspecified atom stereocenters. The molecule has 1 aromatic heterocycles. The van der Waals surface area contributed by atoms with E-state index >= 15 is 0 Å². The third-order valence-electron chi connectivity index (χ3n) is 3.52. The Balaban J connectivity index is 1.76. The largest absolute Gasteiger partial charge is 0.377 e. The van der Waals surface area contributed by atoms with Crippen LogP contribution in [0.5, 0.6) is 0 Å². The Labute approximate surface area is 138 Å². The molecule has 1 aromatic carbocycles. The first-order chi connectivity index (χ1) is 11.1. The van der Waals surface area contributed by atoms with Crippen LogP contribution in [-0.4, -0.2) is 40.7 Å². The Hall–Kier alpha value is -2.18. The zero-order chi connectivity index (χ0) is 16.2. The highest BCUT2D eigenvalue weighted by Crippen LogP contribution is 2.22. The fourth-order valence-electron chi connectivity index (χ4n) is 2.41. The minimum absolute atomic E-state index is 0.124. The summed E-state index contributed by atoms with van der Waals surface area (Å²) in [6.07, 6.45) is 3.26. The Morgan fingerprint density at radius 3 is 3.09 bits per heavy atom. The first-order valence-corrected chi connectivity index (χ1v) is 7.63. The maximum atomic E-state index is 12.5. The summed E-state index contributed by atoms with van der Waals surface area (Å²) in [7, 11) is 0. The van der Waals surface area contributed by atoms with Crippen molar-refractivity contribution in [2.45, 2.75) is 13.0 Å². The zero-order valence-electron chi connectivity index (χ0n) is 12.6. The number of aryl methyl sites for hydroxylation is 1. The van der Waals surface area contributed by atoms with Crippen molar-refractivity contribution >= 4 is 23.6 Å². The molecule has 0 N–H and O–H groups in total. The van der Waals surface area contributed by atoms with Crippen LogP contribution in [0.1, 0.15) is 23.3 Å². The molecule has 1 atom stereocenters. The number of amides is 1. The fraction of sp³-hybridized carbons (Fsp3) is 0.312. The van der Waals surface area contributed by atoms with Gasteiger partial charge in [0, 0.05) is 24.6 Å². The number of carbonyl (C=O) groups is 1. The van der Waals surface area contributed by atoms with Crippen LogP contribution in [0.3, 0.4) is 0 Å². The maximum Gasteiger partial charge on any atom is 0.247 e. The molecule has 3 rings (SSSR count). The summed E-state index contributed by atoms with van der Waals surface area (Å²) in [5.74, 6) is 0.805. The lowest BCUT2D eigenvalue weighted by Crippen LogP contribution is -2.43. The van der Waals surface area contributed by atoms with E-state index in [0.29, 0.717) is 36.5 Å². The molecule has 23 heavy (non-hydrogen) atoms. The van der Waals surface area contributed by atoms with E-state index in [1.165, 1.54) is 6.08 Å². The molecule has 0 radical (unpaired) electrons. The summed E-state index contributed by atoms with van der Waals surface area (Å²) in [6.45, 7) is 3.04. The van der Waals surface area contributed by atoms with Crippen molar-refractivity contribution in [1.82, 2.24) is 15.0 Å². The summed E-state index contributed by atoms with van der Waals surface area (Å²) in [5, 5.41) is 4.53. The van der Waals surface area contributed by atoms with Gasteiger partial charge in [-0.2, -0.15) is 4.98 Å². The predicted molar refractivity (Wildman–Crippen MR) is 84.8 cm³/mol. The number of hydrogen-bond acceptors (Lipinski definition) is 5. The van der Waals surface area contributed by atoms with Crippen molar-refractivity contribution in [2.24, 2.45) is 0 Å². The van der Waals surface area contributed by atoms with Crippen LogP contribution in [0.2, 0.25) is 5.02 Å². The first kappa shape index (κ1) is 15.7. The number of aromatic nitrogens is 2. The van der Waals surface area contributed by atoms with E-state index in [1.807, 2.05) is 12.1 Å². The van der Waals surface area contributed by atoms with Gasteiger partial charge in [-0.1, -0.05) is 28.9 Å². The Morgan fingerprint density at radius 2 is 2.35 bits per heavy atom. The quantitative estimate of drug-likeness (QED) is 0.808. The number of benzene rings is 1. The van der Waals surface area contributed by atoms with Crippen molar-refractivity contribution in [1.29, 1.82) is 0 Å². The molecule has 6 nitrogen and oxygen atoms in total. The van der Waals surface area contributed by atoms with E-state index in [1.54, 1.807) is 30.0 Å². The van der Waals surface area contributed by atoms with Gasteiger partial charge in [0.25, 0.3) is 0 Å². The van der Waals surface area contributed by atoms with E-state index in [0.717, 1.165) is 5.56 Å². The van der Waals surface area contributed by atoms with Crippen LogP contribution in [-0.2, 0) is 9.53 Å². The number of ether oxygens (including phenoxy) is 1. The summed E-state index contributed by atoms with van der Waals surface area (Å²) in [5.41, 5.74) is 0.867. The van der Waals surface area contributed by atoms with Crippen LogP contribution in [0.4, 0.5) is 0 Å². The molecule has 1 amide bonds. The summed E-state index contributed by atoms with van der Waals surface area (Å²) >= 11 is 5.94. The topological polar surface area (TPSA) is 68.5 Å². The van der Waals surface area contributed by atoms with Crippen molar-refractivity contribution in [3.8, 4) is 0 Å². The van der Waals surface area contributed by atoms with Gasteiger partial charge in [0.05, 0.1) is 13.2 Å². The minimum Gasteiger partial charge on any atom is -0.377 e. The molecule has 2 aromatic rings. The average Bonchev–Trinajstić information content (AvgIpc) is 2.99. The minimum atomic E-state index is -0.335. The Kier molecular flexibility index (Phi) is 4.73. The lowest BCUT2D eigenvalue weighted by Gasteiger charge is -2.32. The number of morpholine rings is 1. The van der Waals surface area contributed by atoms with Crippen LogP contribution in [0.25, 0.3) is 6.08 Å². The number of carbonyl (C=O) groups excluding carboxylic acids is 1. The van der Waals surface area contributed by atoms with E-state index in [4.69, 9.17) is 20.9 Å². The van der Waals surface area contributed by atoms with Crippen LogP contribution in [0.15, 0.2) is 34.9 Å². The third-order valence-corrected chi connectivity index (χ3v) is 3.76. The molecule has 1 aliphatic heterocycles. The monoisotopic (exact) mass is 333 g/mol. The summed E-state index contributed by atoms with van der Waals surface area (Å²) in [6, 6.07) is 6.97. The SMILES string of the molecule is Cc1nc(C2COCCN2C(=O)/C=C/c2cccc(Cl)c2)no1. The highest BCUT2D eigenvalue weighted by molar-refractivity contribution is 6.30. The van der Waals surface area contributed by atoms with Crippen LogP contribution < -0.4 is 0 Å². The smallest absolute Gasteiger partial charge is 0.247 e. The van der Waals surface area contributed by atoms with Gasteiger partial charge in [-0.05, 0) is 23.8 Å². The van der Waals surface area contributed by atoms with Gasteiger partial charge in [0.2, 0.25) is 11.8 Å². The first-order valence-electron chi connectivity index (χ1n) is 7.25. The van der Waals surface area contributed by atoms with Gasteiger partial charge in [0.1, 0.15) is 6.04 Å². The van der Waals surface area contributed by atoms with Crippen molar-refractivity contribution < 1.29 is 14.1 Å². The highest BCUT2D eigenvalue weighted by Gasteiger charge is 2.30. The normalized spacial score (nSPS) is 18.5. The van der Waals surface area contributed by atoms with Crippen LogP contribution >= 0.6 is 11.6 Å². The van der Waals surface area contributed by atoms with E-state index < -0.39 is 0 Å². The highest BCUT2D eigenvalue weighted by atomic mass is 35.5. The molecule has 1 aliphatic rings. The standard InChI is InChI=1S/C16H16ClN3O3/c1-11-18-16(19-23-11)14-10-22-8-7-20(14)15(21)6-5-12-3-2-4-13(17)9-12/h2-6,9,14H,7-8,10H2,1H3/b6-5+. The van der Waals surface area contributed by atoms with Crippen molar-refractivity contribution in [3.05, 3.63) is 52.6 Å². The molecule has 1 fully saturated rings. The Morgan fingerprint density at radius 1 is 1.48 bits per heavy atom. The lowest BCUT2D eigenvalue weighted by molar-refractivity contribution is -0.135. The Bertz CT molecular complexity index is 729.